The number of oxazole rings is 1. The van der Waals surface area contributed by atoms with Crippen LogP contribution in [0.2, 0.25) is 0 Å². The molecule has 2 amide bonds. The third kappa shape index (κ3) is 2.96. The number of benzene rings is 1. The van der Waals surface area contributed by atoms with Crippen LogP contribution in [0.15, 0.2) is 27.4 Å². The fourth-order valence-corrected chi connectivity index (χ4v) is 1.77. The van der Waals surface area contributed by atoms with Crippen LogP contribution in [-0.2, 0) is 13.6 Å². The first-order chi connectivity index (χ1) is 9.11. The first-order valence-electron chi connectivity index (χ1n) is 6.22. The van der Waals surface area contributed by atoms with Crippen molar-refractivity contribution in [2.75, 3.05) is 6.54 Å². The number of rotatable bonds is 4. The minimum Gasteiger partial charge on any atom is -0.408 e. The van der Waals surface area contributed by atoms with Crippen molar-refractivity contribution in [2.24, 2.45) is 7.05 Å². The highest BCUT2D eigenvalue weighted by atomic mass is 16.4. The Bertz CT molecular complexity index is 642. The van der Waals surface area contributed by atoms with Gasteiger partial charge in [0.15, 0.2) is 5.58 Å². The van der Waals surface area contributed by atoms with Gasteiger partial charge in [0, 0.05) is 20.1 Å². The number of aryl methyl sites for hydroxylation is 1. The molecule has 0 aliphatic carbocycles. The molecule has 1 aromatic carbocycles. The monoisotopic (exact) mass is 263 g/mol. The number of carbonyl (C=O) groups excluding carboxylic acids is 1. The van der Waals surface area contributed by atoms with E-state index in [9.17, 15) is 9.59 Å². The van der Waals surface area contributed by atoms with Crippen molar-refractivity contribution in [3.05, 3.63) is 34.3 Å². The molecule has 2 rings (SSSR count). The minimum atomic E-state index is -0.388. The van der Waals surface area contributed by atoms with Crippen molar-refractivity contribution >= 4 is 17.1 Å². The third-order valence-corrected chi connectivity index (χ3v) is 2.84. The Morgan fingerprint density at radius 2 is 2.16 bits per heavy atom. The topological polar surface area (TPSA) is 76.3 Å². The number of fused-ring (bicyclic) bond motifs is 1. The van der Waals surface area contributed by atoms with Gasteiger partial charge in [0.25, 0.3) is 0 Å². The van der Waals surface area contributed by atoms with Gasteiger partial charge in [-0.05, 0) is 24.1 Å². The molecule has 0 unspecified atom stereocenters. The fraction of sp³-hybridized carbons (Fsp3) is 0.385. The van der Waals surface area contributed by atoms with E-state index in [4.69, 9.17) is 4.42 Å². The zero-order chi connectivity index (χ0) is 13.8. The van der Waals surface area contributed by atoms with Gasteiger partial charge < -0.3 is 15.1 Å². The summed E-state index contributed by atoms with van der Waals surface area (Å²) < 4.78 is 6.48. The van der Waals surface area contributed by atoms with Crippen LogP contribution in [0.25, 0.3) is 11.1 Å². The van der Waals surface area contributed by atoms with Crippen LogP contribution in [0.5, 0.6) is 0 Å². The number of carbonyl (C=O) groups is 1. The summed E-state index contributed by atoms with van der Waals surface area (Å²) in [5.41, 5.74) is 2.18. The maximum Gasteiger partial charge on any atom is 0.419 e. The molecule has 1 heterocycles. The molecule has 0 radical (unpaired) electrons. The molecule has 0 saturated carbocycles. The number of amides is 2. The maximum atomic E-state index is 11.4. The predicted molar refractivity (Wildman–Crippen MR) is 72.0 cm³/mol. The largest absolute Gasteiger partial charge is 0.419 e. The Morgan fingerprint density at radius 3 is 2.89 bits per heavy atom. The van der Waals surface area contributed by atoms with E-state index in [2.05, 4.69) is 10.6 Å². The van der Waals surface area contributed by atoms with Gasteiger partial charge in [-0.15, -0.1) is 0 Å². The zero-order valence-corrected chi connectivity index (χ0v) is 11.0. The van der Waals surface area contributed by atoms with E-state index in [1.165, 1.54) is 4.57 Å². The summed E-state index contributed by atoms with van der Waals surface area (Å²) in [6, 6.07) is 5.20. The summed E-state index contributed by atoms with van der Waals surface area (Å²) in [6.45, 7) is 3.06. The molecule has 6 nitrogen and oxygen atoms in total. The zero-order valence-electron chi connectivity index (χ0n) is 11.0. The van der Waals surface area contributed by atoms with Crippen LogP contribution in [0.1, 0.15) is 18.9 Å². The lowest BCUT2D eigenvalue weighted by Gasteiger charge is -2.06. The average Bonchev–Trinajstić information content (AvgIpc) is 2.69. The summed E-state index contributed by atoms with van der Waals surface area (Å²) in [5, 5.41) is 5.49. The van der Waals surface area contributed by atoms with Crippen LogP contribution in [0.3, 0.4) is 0 Å². The standard InChI is InChI=1S/C13H17N3O3/c1-3-6-14-12(17)15-8-9-4-5-11-10(7-9)16(2)13(18)19-11/h4-5,7H,3,6,8H2,1-2H3,(H2,14,15,17). The highest BCUT2D eigenvalue weighted by Crippen LogP contribution is 2.13. The van der Waals surface area contributed by atoms with Crippen molar-refractivity contribution < 1.29 is 9.21 Å². The van der Waals surface area contributed by atoms with Crippen molar-refractivity contribution in [3.63, 3.8) is 0 Å². The van der Waals surface area contributed by atoms with Gasteiger partial charge in [-0.1, -0.05) is 13.0 Å². The molecule has 6 heteroatoms. The maximum absolute atomic E-state index is 11.4. The number of hydrogen-bond acceptors (Lipinski definition) is 3. The second-order valence-corrected chi connectivity index (χ2v) is 4.34. The molecule has 1 aromatic heterocycles. The number of aromatic nitrogens is 1. The Morgan fingerprint density at radius 1 is 1.37 bits per heavy atom. The molecular formula is C13H17N3O3. The first kappa shape index (κ1) is 13.2. The molecule has 2 N–H and O–H groups in total. The Labute approximate surface area is 110 Å². The third-order valence-electron chi connectivity index (χ3n) is 2.84. The number of nitrogens with zero attached hydrogens (tertiary/aromatic N) is 1. The van der Waals surface area contributed by atoms with Crippen molar-refractivity contribution in [1.29, 1.82) is 0 Å². The van der Waals surface area contributed by atoms with Crippen molar-refractivity contribution in [1.82, 2.24) is 15.2 Å². The highest BCUT2D eigenvalue weighted by Gasteiger charge is 2.07. The van der Waals surface area contributed by atoms with Gasteiger partial charge in [-0.3, -0.25) is 4.57 Å². The Kier molecular flexibility index (Phi) is 3.89. The molecule has 2 aromatic rings. The number of nitrogens with one attached hydrogen (secondary N) is 2. The molecule has 0 bridgehead atoms. The van der Waals surface area contributed by atoms with E-state index in [1.807, 2.05) is 19.1 Å². The molecular weight excluding hydrogens is 246 g/mol. The lowest BCUT2D eigenvalue weighted by Crippen LogP contribution is -2.35. The average molecular weight is 263 g/mol. The van der Waals surface area contributed by atoms with Gasteiger partial charge in [-0.25, -0.2) is 9.59 Å². The van der Waals surface area contributed by atoms with Gasteiger partial charge >= 0.3 is 11.8 Å². The molecule has 0 aliphatic heterocycles. The van der Waals surface area contributed by atoms with E-state index < -0.39 is 0 Å². The van der Waals surface area contributed by atoms with Crippen LogP contribution in [0.4, 0.5) is 4.79 Å². The Balaban J connectivity index is 2.07. The van der Waals surface area contributed by atoms with Gasteiger partial charge in [0.2, 0.25) is 0 Å². The van der Waals surface area contributed by atoms with Crippen molar-refractivity contribution in [3.8, 4) is 0 Å². The summed E-state index contributed by atoms with van der Waals surface area (Å²) in [5.74, 6) is -0.388. The van der Waals surface area contributed by atoms with Crippen LogP contribution >= 0.6 is 0 Å². The van der Waals surface area contributed by atoms with Crippen LogP contribution < -0.4 is 16.4 Å². The van der Waals surface area contributed by atoms with E-state index in [1.54, 1.807) is 13.1 Å². The summed E-state index contributed by atoms with van der Waals surface area (Å²) in [6.07, 6.45) is 0.899. The number of urea groups is 1. The normalized spacial score (nSPS) is 10.6. The SMILES string of the molecule is CCCNC(=O)NCc1ccc2oc(=O)n(C)c2c1. The molecule has 0 spiro atoms. The lowest BCUT2D eigenvalue weighted by atomic mass is 10.2. The predicted octanol–water partition coefficient (Wildman–Crippen LogP) is 1.34. The summed E-state index contributed by atoms with van der Waals surface area (Å²) in [4.78, 5) is 22.8. The molecule has 0 aliphatic rings. The number of hydrogen-bond donors (Lipinski definition) is 2. The van der Waals surface area contributed by atoms with Gasteiger partial charge in [0.1, 0.15) is 0 Å². The van der Waals surface area contributed by atoms with E-state index >= 15 is 0 Å². The molecule has 0 saturated heterocycles. The molecule has 0 atom stereocenters. The summed E-state index contributed by atoms with van der Waals surface area (Å²) >= 11 is 0. The van der Waals surface area contributed by atoms with Crippen molar-refractivity contribution in [2.45, 2.75) is 19.9 Å². The first-order valence-corrected chi connectivity index (χ1v) is 6.22. The fourth-order valence-electron chi connectivity index (χ4n) is 1.77. The molecule has 19 heavy (non-hydrogen) atoms. The quantitative estimate of drug-likeness (QED) is 0.874. The lowest BCUT2D eigenvalue weighted by molar-refractivity contribution is 0.240. The summed E-state index contributed by atoms with van der Waals surface area (Å²) in [7, 11) is 1.65. The molecule has 102 valence electrons. The second kappa shape index (κ2) is 5.60. The van der Waals surface area contributed by atoms with Crippen LogP contribution in [-0.4, -0.2) is 17.1 Å². The smallest absolute Gasteiger partial charge is 0.408 e. The Hall–Kier alpha value is -2.24. The van der Waals surface area contributed by atoms with E-state index in [-0.39, 0.29) is 11.8 Å². The van der Waals surface area contributed by atoms with Crippen LogP contribution in [0, 0.1) is 0 Å². The van der Waals surface area contributed by atoms with Gasteiger partial charge in [-0.2, -0.15) is 0 Å². The van der Waals surface area contributed by atoms with Gasteiger partial charge in [0.05, 0.1) is 5.52 Å². The van der Waals surface area contributed by atoms with E-state index in [0.717, 1.165) is 17.5 Å². The van der Waals surface area contributed by atoms with E-state index in [0.29, 0.717) is 18.7 Å². The second-order valence-electron chi connectivity index (χ2n) is 4.34. The minimum absolute atomic E-state index is 0.192. The molecule has 0 fully saturated rings. The highest BCUT2D eigenvalue weighted by molar-refractivity contribution is 5.75.